The number of aryl methyl sites for hydroxylation is 2. The lowest BCUT2D eigenvalue weighted by Crippen LogP contribution is -2.45. The molecule has 1 aromatic carbocycles. The zero-order chi connectivity index (χ0) is 18.8. The Labute approximate surface area is 156 Å². The molecule has 0 bridgehead atoms. The minimum atomic E-state index is -0.246. The van der Waals surface area contributed by atoms with Crippen LogP contribution in [0.15, 0.2) is 47.7 Å². The van der Waals surface area contributed by atoms with Crippen molar-refractivity contribution in [3.05, 3.63) is 54.1 Å². The largest absolute Gasteiger partial charge is 0.377 e. The molecule has 0 spiro atoms. The van der Waals surface area contributed by atoms with E-state index in [4.69, 9.17) is 4.74 Å². The van der Waals surface area contributed by atoms with Crippen molar-refractivity contribution in [1.29, 1.82) is 0 Å². The van der Waals surface area contributed by atoms with Crippen LogP contribution in [-0.2, 0) is 24.2 Å². The first-order chi connectivity index (χ1) is 12.5. The molecule has 142 valence electrons. The monoisotopic (exact) mass is 357 g/mol. The van der Waals surface area contributed by atoms with Gasteiger partial charge in [-0.1, -0.05) is 30.3 Å². The summed E-state index contributed by atoms with van der Waals surface area (Å²) in [6.07, 6.45) is 4.83. The Kier molecular flexibility index (Phi) is 7.66. The average molecular weight is 358 g/mol. The number of aromatic nitrogens is 2. The molecule has 0 atom stereocenters. The summed E-state index contributed by atoms with van der Waals surface area (Å²) in [7, 11) is 1.72. The lowest BCUT2D eigenvalue weighted by Gasteiger charge is -2.24. The Morgan fingerprint density at radius 2 is 2.00 bits per heavy atom. The van der Waals surface area contributed by atoms with Crippen molar-refractivity contribution in [3.63, 3.8) is 0 Å². The van der Waals surface area contributed by atoms with Gasteiger partial charge < -0.3 is 19.9 Å². The maximum atomic E-state index is 5.45. The molecule has 1 aromatic heterocycles. The van der Waals surface area contributed by atoms with Gasteiger partial charge in [0, 0.05) is 39.1 Å². The number of hydrogen-bond donors (Lipinski definition) is 2. The van der Waals surface area contributed by atoms with E-state index in [1.54, 1.807) is 7.11 Å². The Hall–Kier alpha value is -2.34. The van der Waals surface area contributed by atoms with Crippen LogP contribution in [0.5, 0.6) is 0 Å². The molecule has 0 radical (unpaired) electrons. The van der Waals surface area contributed by atoms with Gasteiger partial charge in [0.25, 0.3) is 0 Å². The molecule has 0 unspecified atom stereocenters. The molecule has 6 heteroatoms. The minimum absolute atomic E-state index is 0.246. The molecule has 26 heavy (non-hydrogen) atoms. The molecule has 2 rings (SSSR count). The molecule has 0 saturated heterocycles. The third-order valence-electron chi connectivity index (χ3n) is 4.24. The maximum absolute atomic E-state index is 5.45. The summed E-state index contributed by atoms with van der Waals surface area (Å²) < 4.78 is 7.61. The quantitative estimate of drug-likeness (QED) is 0.535. The molecule has 1 heterocycles. The van der Waals surface area contributed by atoms with Crippen molar-refractivity contribution in [2.75, 3.05) is 20.2 Å². The Morgan fingerprint density at radius 1 is 1.23 bits per heavy atom. The molecule has 6 nitrogen and oxygen atoms in total. The molecular weight excluding hydrogens is 326 g/mol. The van der Waals surface area contributed by atoms with Crippen LogP contribution in [0.2, 0.25) is 0 Å². The molecule has 0 amide bonds. The van der Waals surface area contributed by atoms with Crippen molar-refractivity contribution in [2.45, 2.75) is 45.9 Å². The normalized spacial score (nSPS) is 12.2. The summed E-state index contributed by atoms with van der Waals surface area (Å²) in [6.45, 7) is 9.05. The Morgan fingerprint density at radius 3 is 2.69 bits per heavy atom. The highest BCUT2D eigenvalue weighted by Gasteiger charge is 2.16. The van der Waals surface area contributed by atoms with E-state index in [0.29, 0.717) is 13.1 Å². The number of guanidine groups is 1. The second-order valence-electron chi connectivity index (χ2n) is 6.78. The highest BCUT2D eigenvalue weighted by Crippen LogP contribution is 2.06. The second-order valence-corrected chi connectivity index (χ2v) is 6.78. The van der Waals surface area contributed by atoms with E-state index in [-0.39, 0.29) is 5.60 Å². The van der Waals surface area contributed by atoms with Gasteiger partial charge in [0.1, 0.15) is 12.4 Å². The maximum Gasteiger partial charge on any atom is 0.191 e. The van der Waals surface area contributed by atoms with Crippen LogP contribution < -0.4 is 10.6 Å². The van der Waals surface area contributed by atoms with Gasteiger partial charge in [-0.2, -0.15) is 0 Å². The van der Waals surface area contributed by atoms with E-state index in [0.717, 1.165) is 31.3 Å². The highest BCUT2D eigenvalue weighted by atomic mass is 16.5. The Balaban J connectivity index is 1.95. The lowest BCUT2D eigenvalue weighted by molar-refractivity contribution is 0.0268. The van der Waals surface area contributed by atoms with E-state index in [9.17, 15) is 0 Å². The zero-order valence-corrected chi connectivity index (χ0v) is 16.3. The van der Waals surface area contributed by atoms with Gasteiger partial charge in [0.05, 0.1) is 5.60 Å². The first-order valence-corrected chi connectivity index (χ1v) is 9.15. The van der Waals surface area contributed by atoms with Gasteiger partial charge in [-0.15, -0.1) is 0 Å². The van der Waals surface area contributed by atoms with Gasteiger partial charge in [-0.05, 0) is 32.8 Å². The summed E-state index contributed by atoms with van der Waals surface area (Å²) in [6, 6.07) is 10.5. The number of nitrogens with zero attached hydrogens (tertiary/aromatic N) is 3. The van der Waals surface area contributed by atoms with E-state index >= 15 is 0 Å². The van der Waals surface area contributed by atoms with Crippen LogP contribution >= 0.6 is 0 Å². The number of benzene rings is 1. The Bertz CT molecular complexity index is 679. The molecule has 0 aliphatic rings. The number of nitrogens with one attached hydrogen (secondary N) is 2. The molecule has 0 aliphatic carbocycles. The van der Waals surface area contributed by atoms with Crippen LogP contribution in [0.1, 0.15) is 32.2 Å². The lowest BCUT2D eigenvalue weighted by atomic mass is 10.1. The average Bonchev–Trinajstić information content (AvgIpc) is 3.10. The summed E-state index contributed by atoms with van der Waals surface area (Å²) >= 11 is 0. The van der Waals surface area contributed by atoms with Crippen LogP contribution in [0, 0.1) is 0 Å². The molecular formula is C20H31N5O. The van der Waals surface area contributed by atoms with Gasteiger partial charge in [-0.3, -0.25) is 0 Å². The number of methoxy groups -OCH3 is 1. The van der Waals surface area contributed by atoms with E-state index < -0.39 is 0 Å². The number of hydrogen-bond acceptors (Lipinski definition) is 3. The van der Waals surface area contributed by atoms with Crippen LogP contribution in [0.4, 0.5) is 0 Å². The fraction of sp³-hybridized carbons (Fsp3) is 0.500. The van der Waals surface area contributed by atoms with Crippen molar-refractivity contribution < 1.29 is 4.74 Å². The first-order valence-electron chi connectivity index (χ1n) is 9.15. The number of ether oxygens (including phenoxy) is 1. The van der Waals surface area contributed by atoms with Crippen molar-refractivity contribution in [3.8, 4) is 0 Å². The predicted octanol–water partition coefficient (Wildman–Crippen LogP) is 2.61. The third-order valence-corrected chi connectivity index (χ3v) is 4.24. The standard InChI is InChI=1S/C20H31N5O/c1-5-21-19(24-16-20(2,3)26-4)23-15-18-22-12-14-25(18)13-11-17-9-7-6-8-10-17/h6-10,12,14H,5,11,13,15-16H2,1-4H3,(H2,21,23,24). The number of rotatable bonds is 9. The smallest absolute Gasteiger partial charge is 0.191 e. The molecule has 0 fully saturated rings. The number of imidazole rings is 1. The van der Waals surface area contributed by atoms with Crippen LogP contribution in [0.3, 0.4) is 0 Å². The SMILES string of the molecule is CCNC(=NCc1nccn1CCc1ccccc1)NCC(C)(C)OC. The summed E-state index contributed by atoms with van der Waals surface area (Å²) in [5, 5.41) is 6.59. The molecule has 2 N–H and O–H groups in total. The molecule has 0 saturated carbocycles. The van der Waals surface area contributed by atoms with Crippen molar-refractivity contribution >= 4 is 5.96 Å². The predicted molar refractivity (Wildman–Crippen MR) is 106 cm³/mol. The van der Waals surface area contributed by atoms with Gasteiger partial charge in [0.2, 0.25) is 0 Å². The third kappa shape index (κ3) is 6.52. The van der Waals surface area contributed by atoms with E-state index in [2.05, 4.69) is 56.4 Å². The van der Waals surface area contributed by atoms with Gasteiger partial charge in [-0.25, -0.2) is 9.98 Å². The molecule has 2 aromatic rings. The summed E-state index contributed by atoms with van der Waals surface area (Å²) in [5.74, 6) is 1.74. The highest BCUT2D eigenvalue weighted by molar-refractivity contribution is 5.79. The van der Waals surface area contributed by atoms with Gasteiger partial charge in [0.15, 0.2) is 5.96 Å². The fourth-order valence-corrected chi connectivity index (χ4v) is 2.45. The van der Waals surface area contributed by atoms with Crippen LogP contribution in [-0.4, -0.2) is 41.3 Å². The summed E-state index contributed by atoms with van der Waals surface area (Å²) in [4.78, 5) is 9.13. The zero-order valence-electron chi connectivity index (χ0n) is 16.3. The summed E-state index contributed by atoms with van der Waals surface area (Å²) in [5.41, 5.74) is 1.08. The van der Waals surface area contributed by atoms with Crippen molar-refractivity contribution in [2.24, 2.45) is 4.99 Å². The van der Waals surface area contributed by atoms with Crippen molar-refractivity contribution in [1.82, 2.24) is 20.2 Å². The topological polar surface area (TPSA) is 63.5 Å². The van der Waals surface area contributed by atoms with E-state index in [1.807, 2.05) is 32.3 Å². The van der Waals surface area contributed by atoms with Crippen LogP contribution in [0.25, 0.3) is 0 Å². The fourth-order valence-electron chi connectivity index (χ4n) is 2.45. The second kappa shape index (κ2) is 9.97. The minimum Gasteiger partial charge on any atom is -0.377 e. The first kappa shape index (κ1) is 20.0. The van der Waals surface area contributed by atoms with E-state index in [1.165, 1.54) is 5.56 Å². The van der Waals surface area contributed by atoms with Gasteiger partial charge >= 0.3 is 0 Å². The number of aliphatic imine (C=N–C) groups is 1. The molecule has 0 aliphatic heterocycles.